The first-order chi connectivity index (χ1) is 12.9. The lowest BCUT2D eigenvalue weighted by Gasteiger charge is -2.31. The molecule has 0 radical (unpaired) electrons. The van der Waals surface area contributed by atoms with Crippen LogP contribution in [0.1, 0.15) is 42.6 Å². The number of rotatable bonds is 4. The van der Waals surface area contributed by atoms with Gasteiger partial charge in [0.1, 0.15) is 11.9 Å². The summed E-state index contributed by atoms with van der Waals surface area (Å²) < 4.78 is 5.91. The molecule has 1 aliphatic rings. The Balaban J connectivity index is 0.000000223. The van der Waals surface area contributed by atoms with E-state index in [-0.39, 0.29) is 5.78 Å². The van der Waals surface area contributed by atoms with Gasteiger partial charge in [-0.1, -0.05) is 54.4 Å². The predicted octanol–water partition coefficient (Wildman–Crippen LogP) is 6.05. The zero-order chi connectivity index (χ0) is 19.8. The van der Waals surface area contributed by atoms with Crippen LogP contribution in [0.25, 0.3) is 0 Å². The number of benzene rings is 2. The summed E-state index contributed by atoms with van der Waals surface area (Å²) in [6, 6.07) is 13.0. The molecule has 3 rings (SSSR count). The van der Waals surface area contributed by atoms with Crippen molar-refractivity contribution in [3.05, 3.63) is 63.6 Å². The highest BCUT2D eigenvalue weighted by atomic mass is 35.5. The van der Waals surface area contributed by atoms with E-state index in [9.17, 15) is 4.79 Å². The highest BCUT2D eigenvalue weighted by molar-refractivity contribution is 6.42. The third-order valence-electron chi connectivity index (χ3n) is 4.70. The molecule has 0 aromatic heterocycles. The van der Waals surface area contributed by atoms with Gasteiger partial charge in [0.25, 0.3) is 0 Å². The van der Waals surface area contributed by atoms with Crippen LogP contribution in [0, 0.1) is 6.92 Å². The quantitative estimate of drug-likeness (QED) is 0.577. The van der Waals surface area contributed by atoms with Gasteiger partial charge in [-0.25, -0.2) is 0 Å². The van der Waals surface area contributed by atoms with Gasteiger partial charge < -0.3 is 9.64 Å². The fourth-order valence-corrected chi connectivity index (χ4v) is 3.34. The topological polar surface area (TPSA) is 29.5 Å². The van der Waals surface area contributed by atoms with Crippen LogP contribution in [0.4, 0.5) is 0 Å². The highest BCUT2D eigenvalue weighted by Crippen LogP contribution is 2.28. The van der Waals surface area contributed by atoms with E-state index in [1.807, 2.05) is 37.3 Å². The number of carbonyl (C=O) groups excluding carboxylic acids is 1. The fraction of sp³-hybridized carbons (Fsp3) is 0.409. The number of hydrogen-bond acceptors (Lipinski definition) is 3. The van der Waals surface area contributed by atoms with E-state index in [1.54, 1.807) is 19.1 Å². The zero-order valence-electron chi connectivity index (χ0n) is 16.2. The lowest BCUT2D eigenvalue weighted by atomic mass is 10.1. The summed E-state index contributed by atoms with van der Waals surface area (Å²) in [4.78, 5) is 13.3. The number of ether oxygens (including phenoxy) is 1. The molecule has 0 spiro atoms. The van der Waals surface area contributed by atoms with Crippen molar-refractivity contribution < 1.29 is 9.53 Å². The van der Waals surface area contributed by atoms with Gasteiger partial charge in [0.05, 0.1) is 10.0 Å². The second-order valence-electron chi connectivity index (χ2n) is 6.70. The molecule has 3 nitrogen and oxygen atoms in total. The van der Waals surface area contributed by atoms with E-state index in [1.165, 1.54) is 0 Å². The molecule has 5 heteroatoms. The molecule has 0 bridgehead atoms. The molecule has 1 heterocycles. The molecular formula is C22H27Cl2NO2. The molecule has 146 valence electrons. The summed E-state index contributed by atoms with van der Waals surface area (Å²) >= 11 is 11.8. The van der Waals surface area contributed by atoms with Gasteiger partial charge >= 0.3 is 0 Å². The van der Waals surface area contributed by atoms with Crippen LogP contribution in [0.5, 0.6) is 5.75 Å². The molecule has 0 N–H and O–H groups in total. The Morgan fingerprint density at radius 1 is 1.11 bits per heavy atom. The van der Waals surface area contributed by atoms with Crippen molar-refractivity contribution in [3.63, 3.8) is 0 Å². The van der Waals surface area contributed by atoms with Gasteiger partial charge in [0.15, 0.2) is 5.78 Å². The molecule has 1 fully saturated rings. The summed E-state index contributed by atoms with van der Waals surface area (Å²) in [5.74, 6) is 0.951. The van der Waals surface area contributed by atoms with E-state index in [4.69, 9.17) is 27.9 Å². The zero-order valence-corrected chi connectivity index (χ0v) is 17.7. The van der Waals surface area contributed by atoms with Gasteiger partial charge in [-0.05, 0) is 50.9 Å². The van der Waals surface area contributed by atoms with E-state index in [0.29, 0.717) is 16.1 Å². The second kappa shape index (κ2) is 10.7. The smallest absolute Gasteiger partial charge is 0.160 e. The Bertz CT molecular complexity index is 756. The lowest BCUT2D eigenvalue weighted by molar-refractivity contribution is 0.101. The molecule has 0 amide bonds. The maximum Gasteiger partial charge on any atom is 0.160 e. The molecule has 2 aromatic rings. The van der Waals surface area contributed by atoms with Crippen molar-refractivity contribution >= 4 is 29.0 Å². The summed E-state index contributed by atoms with van der Waals surface area (Å²) in [6.45, 7) is 9.07. The molecule has 0 unspecified atom stereocenters. The van der Waals surface area contributed by atoms with E-state index >= 15 is 0 Å². The van der Waals surface area contributed by atoms with Gasteiger partial charge in [-0.15, -0.1) is 0 Å². The van der Waals surface area contributed by atoms with Crippen LogP contribution < -0.4 is 4.74 Å². The first kappa shape index (κ1) is 21.7. The van der Waals surface area contributed by atoms with Crippen molar-refractivity contribution in [3.8, 4) is 5.75 Å². The van der Waals surface area contributed by atoms with Gasteiger partial charge in [0.2, 0.25) is 0 Å². The van der Waals surface area contributed by atoms with E-state index < -0.39 is 0 Å². The number of Topliss-reactive ketones (excluding diaryl/α,β-unsaturated/α-hetero) is 1. The molecule has 2 aromatic carbocycles. The number of carbonyl (C=O) groups is 1. The number of piperidine rings is 1. The molecule has 27 heavy (non-hydrogen) atoms. The molecule has 0 atom stereocenters. The summed E-state index contributed by atoms with van der Waals surface area (Å²) in [5.41, 5.74) is 1.87. The standard InChI is InChI=1S/C13H17Cl2NO.C9H10O/c1-2-16-7-5-10(6-8-16)17-11-3-4-12(14)13(15)9-11;1-7-5-3-4-6-9(7)8(2)10/h3-4,9-10H,2,5-8H2,1H3;3-6H,1-2H3. The Morgan fingerprint density at radius 2 is 1.78 bits per heavy atom. The molecule has 1 saturated heterocycles. The van der Waals surface area contributed by atoms with Gasteiger partial charge in [0, 0.05) is 24.7 Å². The van der Waals surface area contributed by atoms with Crippen LogP contribution in [0.15, 0.2) is 42.5 Å². The second-order valence-corrected chi connectivity index (χ2v) is 7.51. The summed E-state index contributed by atoms with van der Waals surface area (Å²) in [6.07, 6.45) is 2.46. The number of ketones is 1. The molecule has 1 aliphatic heterocycles. The number of aryl methyl sites for hydroxylation is 1. The third-order valence-corrected chi connectivity index (χ3v) is 5.44. The van der Waals surface area contributed by atoms with Crippen molar-refractivity contribution in [2.24, 2.45) is 0 Å². The minimum Gasteiger partial charge on any atom is -0.490 e. The van der Waals surface area contributed by atoms with Crippen molar-refractivity contribution in [1.82, 2.24) is 4.90 Å². The first-order valence-electron chi connectivity index (χ1n) is 9.31. The van der Waals surface area contributed by atoms with Crippen LogP contribution >= 0.6 is 23.2 Å². The maximum atomic E-state index is 10.9. The monoisotopic (exact) mass is 407 g/mol. The van der Waals surface area contributed by atoms with Crippen LogP contribution in [-0.2, 0) is 0 Å². The largest absolute Gasteiger partial charge is 0.490 e. The van der Waals surface area contributed by atoms with Crippen LogP contribution in [0.2, 0.25) is 10.0 Å². The average Bonchev–Trinajstić information content (AvgIpc) is 2.66. The van der Waals surface area contributed by atoms with Crippen LogP contribution in [0.3, 0.4) is 0 Å². The normalized spacial score (nSPS) is 15.0. The molecule has 0 saturated carbocycles. The van der Waals surface area contributed by atoms with Gasteiger partial charge in [-0.2, -0.15) is 0 Å². The fourth-order valence-electron chi connectivity index (χ4n) is 3.05. The number of hydrogen-bond donors (Lipinski definition) is 0. The van der Waals surface area contributed by atoms with Crippen molar-refractivity contribution in [2.75, 3.05) is 19.6 Å². The minimum atomic E-state index is 0.137. The summed E-state index contributed by atoms with van der Waals surface area (Å²) in [5, 5.41) is 1.12. The number of likely N-dealkylation sites (tertiary alicyclic amines) is 1. The molecular weight excluding hydrogens is 381 g/mol. The van der Waals surface area contributed by atoms with Crippen molar-refractivity contribution in [1.29, 1.82) is 0 Å². The summed E-state index contributed by atoms with van der Waals surface area (Å²) in [7, 11) is 0. The SMILES string of the molecule is CC(=O)c1ccccc1C.CCN1CCC(Oc2ccc(Cl)c(Cl)c2)CC1. The van der Waals surface area contributed by atoms with Crippen molar-refractivity contribution in [2.45, 2.75) is 39.7 Å². The number of halogens is 2. The minimum absolute atomic E-state index is 0.137. The Morgan fingerprint density at radius 3 is 2.30 bits per heavy atom. The Labute approximate surface area is 172 Å². The lowest BCUT2D eigenvalue weighted by Crippen LogP contribution is -2.37. The number of nitrogens with zero attached hydrogens (tertiary/aromatic N) is 1. The predicted molar refractivity (Wildman–Crippen MR) is 113 cm³/mol. The molecule has 0 aliphatic carbocycles. The average molecular weight is 408 g/mol. The Hall–Kier alpha value is -1.55. The Kier molecular flexibility index (Phi) is 8.62. The third kappa shape index (κ3) is 6.84. The van der Waals surface area contributed by atoms with Crippen LogP contribution in [-0.4, -0.2) is 36.4 Å². The van der Waals surface area contributed by atoms with E-state index in [0.717, 1.165) is 49.4 Å². The highest BCUT2D eigenvalue weighted by Gasteiger charge is 2.19. The van der Waals surface area contributed by atoms with Gasteiger partial charge in [-0.3, -0.25) is 4.79 Å². The first-order valence-corrected chi connectivity index (χ1v) is 10.1. The maximum absolute atomic E-state index is 10.9. The van der Waals surface area contributed by atoms with E-state index in [2.05, 4.69) is 11.8 Å².